The van der Waals surface area contributed by atoms with Gasteiger partial charge in [-0.2, -0.15) is 8.78 Å². The van der Waals surface area contributed by atoms with E-state index in [1.165, 1.54) is 23.4 Å². The number of hydrogen-bond donors (Lipinski definition) is 1. The lowest BCUT2D eigenvalue weighted by Crippen LogP contribution is -2.54. The van der Waals surface area contributed by atoms with Crippen molar-refractivity contribution in [3.8, 4) is 5.75 Å². The quantitative estimate of drug-likeness (QED) is 0.775. The Bertz CT molecular complexity index is 785. The number of aryl methyl sites for hydroxylation is 1. The minimum atomic E-state index is -2.82. The van der Waals surface area contributed by atoms with Crippen molar-refractivity contribution >= 4 is 28.7 Å². The predicted molar refractivity (Wildman–Crippen MR) is 109 cm³/mol. The van der Waals surface area contributed by atoms with Crippen LogP contribution in [0.1, 0.15) is 12.5 Å². The molecule has 0 saturated carbocycles. The number of rotatable bonds is 4. The fraction of sp³-hybridized carbons (Fsp3) is 0.350. The van der Waals surface area contributed by atoms with E-state index in [1.54, 1.807) is 12.1 Å². The van der Waals surface area contributed by atoms with Crippen molar-refractivity contribution in [2.45, 2.75) is 26.5 Å². The van der Waals surface area contributed by atoms with Gasteiger partial charge in [-0.25, -0.2) is 0 Å². The molecule has 0 bridgehead atoms. The first kappa shape index (κ1) is 19.4. The number of hydrogen-bond acceptors (Lipinski definition) is 3. The van der Waals surface area contributed by atoms with Gasteiger partial charge in [-0.3, -0.25) is 0 Å². The standard InChI is InChI=1S/C20H23F2N3OS/c1-14-4-3-5-17(12-14)25-11-10-24(13-15(25)2)20(27)23-16-6-8-18(9-7-16)26-19(21)22/h3-9,12,15,19H,10-11,13H2,1-2H3,(H,23,27). The van der Waals surface area contributed by atoms with E-state index in [2.05, 4.69) is 58.0 Å². The minimum Gasteiger partial charge on any atom is -0.435 e. The molecule has 1 aliphatic rings. The highest BCUT2D eigenvalue weighted by Gasteiger charge is 2.25. The summed E-state index contributed by atoms with van der Waals surface area (Å²) >= 11 is 5.53. The van der Waals surface area contributed by atoms with E-state index in [0.29, 0.717) is 11.2 Å². The normalized spacial score (nSPS) is 17.1. The molecule has 4 nitrogen and oxygen atoms in total. The van der Waals surface area contributed by atoms with E-state index in [4.69, 9.17) is 12.2 Å². The number of anilines is 2. The van der Waals surface area contributed by atoms with Crippen molar-refractivity contribution in [3.63, 3.8) is 0 Å². The largest absolute Gasteiger partial charge is 0.435 e. The molecule has 1 unspecified atom stereocenters. The highest BCUT2D eigenvalue weighted by atomic mass is 32.1. The molecule has 1 N–H and O–H groups in total. The predicted octanol–water partition coefficient (Wildman–Crippen LogP) is 4.50. The van der Waals surface area contributed by atoms with Gasteiger partial charge in [0.25, 0.3) is 0 Å². The van der Waals surface area contributed by atoms with Gasteiger partial charge < -0.3 is 19.9 Å². The zero-order chi connectivity index (χ0) is 19.4. The number of benzene rings is 2. The number of ether oxygens (including phenoxy) is 1. The van der Waals surface area contributed by atoms with Gasteiger partial charge >= 0.3 is 6.61 Å². The molecule has 27 heavy (non-hydrogen) atoms. The molecule has 1 fully saturated rings. The summed E-state index contributed by atoms with van der Waals surface area (Å²) in [4.78, 5) is 4.53. The van der Waals surface area contributed by atoms with E-state index in [1.807, 2.05) is 0 Å². The summed E-state index contributed by atoms with van der Waals surface area (Å²) in [6.07, 6.45) is 0. The third kappa shape index (κ3) is 5.07. The van der Waals surface area contributed by atoms with Gasteiger partial charge in [-0.15, -0.1) is 0 Å². The van der Waals surface area contributed by atoms with E-state index in [9.17, 15) is 8.78 Å². The van der Waals surface area contributed by atoms with E-state index in [0.717, 1.165) is 25.3 Å². The maximum Gasteiger partial charge on any atom is 0.387 e. The van der Waals surface area contributed by atoms with Crippen LogP contribution in [-0.4, -0.2) is 42.3 Å². The first-order valence-electron chi connectivity index (χ1n) is 8.86. The SMILES string of the molecule is Cc1cccc(N2CCN(C(=S)Nc3ccc(OC(F)F)cc3)CC2C)c1. The summed E-state index contributed by atoms with van der Waals surface area (Å²) < 4.78 is 28.8. The van der Waals surface area contributed by atoms with Crippen molar-refractivity contribution < 1.29 is 13.5 Å². The van der Waals surface area contributed by atoms with Crippen LogP contribution in [0.15, 0.2) is 48.5 Å². The van der Waals surface area contributed by atoms with Crippen LogP contribution in [0.25, 0.3) is 0 Å². The Labute approximate surface area is 163 Å². The van der Waals surface area contributed by atoms with Crippen molar-refractivity contribution in [2.75, 3.05) is 29.9 Å². The molecule has 2 aromatic carbocycles. The molecule has 1 atom stereocenters. The lowest BCUT2D eigenvalue weighted by molar-refractivity contribution is -0.0498. The number of thiocarbonyl (C=S) groups is 1. The van der Waals surface area contributed by atoms with Gasteiger partial charge in [-0.05, 0) is 68.0 Å². The van der Waals surface area contributed by atoms with Gasteiger partial charge in [0.2, 0.25) is 0 Å². The first-order chi connectivity index (χ1) is 12.9. The molecule has 0 amide bonds. The van der Waals surface area contributed by atoms with Crippen molar-refractivity contribution in [2.24, 2.45) is 0 Å². The van der Waals surface area contributed by atoms with Crippen molar-refractivity contribution in [3.05, 3.63) is 54.1 Å². The minimum absolute atomic E-state index is 0.127. The zero-order valence-electron chi connectivity index (χ0n) is 15.4. The second-order valence-electron chi connectivity index (χ2n) is 6.66. The maximum absolute atomic E-state index is 12.2. The third-order valence-electron chi connectivity index (χ3n) is 4.58. The molecule has 1 aliphatic heterocycles. The second-order valence-corrected chi connectivity index (χ2v) is 7.05. The van der Waals surface area contributed by atoms with Gasteiger partial charge in [-0.1, -0.05) is 12.1 Å². The van der Waals surface area contributed by atoms with Crippen molar-refractivity contribution in [1.82, 2.24) is 4.90 Å². The summed E-state index contributed by atoms with van der Waals surface area (Å²) in [5.74, 6) is 0.127. The molecule has 144 valence electrons. The second kappa shape index (κ2) is 8.52. The monoisotopic (exact) mass is 391 g/mol. The molecule has 1 heterocycles. The van der Waals surface area contributed by atoms with Crippen molar-refractivity contribution in [1.29, 1.82) is 0 Å². The summed E-state index contributed by atoms with van der Waals surface area (Å²) in [5, 5.41) is 3.80. The summed E-state index contributed by atoms with van der Waals surface area (Å²) in [6, 6.07) is 15.2. The molecule has 2 aromatic rings. The third-order valence-corrected chi connectivity index (χ3v) is 4.94. The number of alkyl halides is 2. The van der Waals surface area contributed by atoms with Crippen LogP contribution in [0.3, 0.4) is 0 Å². The highest BCUT2D eigenvalue weighted by Crippen LogP contribution is 2.23. The smallest absolute Gasteiger partial charge is 0.387 e. The number of nitrogens with one attached hydrogen (secondary N) is 1. The molecule has 0 aromatic heterocycles. The van der Waals surface area contributed by atoms with Gasteiger partial charge in [0, 0.05) is 37.1 Å². The topological polar surface area (TPSA) is 27.7 Å². The highest BCUT2D eigenvalue weighted by molar-refractivity contribution is 7.80. The van der Waals surface area contributed by atoms with Gasteiger partial charge in [0.1, 0.15) is 5.75 Å². The first-order valence-corrected chi connectivity index (χ1v) is 9.27. The molecule has 7 heteroatoms. The molecular weight excluding hydrogens is 368 g/mol. The lowest BCUT2D eigenvalue weighted by atomic mass is 10.1. The molecule has 0 aliphatic carbocycles. The summed E-state index contributed by atoms with van der Waals surface area (Å²) in [5.41, 5.74) is 3.23. The molecule has 0 spiro atoms. The molecule has 1 saturated heterocycles. The molecule has 0 radical (unpaired) electrons. The Morgan fingerprint density at radius 1 is 1.19 bits per heavy atom. The Balaban J connectivity index is 1.57. The van der Waals surface area contributed by atoms with Gasteiger partial charge in [0.05, 0.1) is 0 Å². The zero-order valence-corrected chi connectivity index (χ0v) is 16.2. The summed E-state index contributed by atoms with van der Waals surface area (Å²) in [6.45, 7) is 3.97. The Morgan fingerprint density at radius 3 is 2.56 bits per heavy atom. The Hall–Kier alpha value is -2.41. The number of halogens is 2. The molecule has 3 rings (SSSR count). The van der Waals surface area contributed by atoms with Crippen LogP contribution in [0.5, 0.6) is 5.75 Å². The van der Waals surface area contributed by atoms with Gasteiger partial charge in [0.15, 0.2) is 5.11 Å². The Kier molecular flexibility index (Phi) is 6.11. The summed E-state index contributed by atoms with van der Waals surface area (Å²) in [7, 11) is 0. The average molecular weight is 391 g/mol. The van der Waals surface area contributed by atoms with Crippen LogP contribution in [0.2, 0.25) is 0 Å². The van der Waals surface area contributed by atoms with Crippen LogP contribution in [0, 0.1) is 6.92 Å². The Morgan fingerprint density at radius 2 is 1.93 bits per heavy atom. The molecular formula is C20H23F2N3OS. The van der Waals surface area contributed by atoms with Crippen LogP contribution >= 0.6 is 12.2 Å². The van der Waals surface area contributed by atoms with E-state index < -0.39 is 6.61 Å². The number of nitrogens with zero attached hydrogens (tertiary/aromatic N) is 2. The van der Waals surface area contributed by atoms with Crippen LogP contribution in [-0.2, 0) is 0 Å². The van der Waals surface area contributed by atoms with Crippen LogP contribution in [0.4, 0.5) is 20.2 Å². The maximum atomic E-state index is 12.2. The fourth-order valence-electron chi connectivity index (χ4n) is 3.25. The lowest BCUT2D eigenvalue weighted by Gasteiger charge is -2.42. The van der Waals surface area contributed by atoms with E-state index in [-0.39, 0.29) is 5.75 Å². The number of piperazine rings is 1. The van der Waals surface area contributed by atoms with Crippen LogP contribution < -0.4 is 15.0 Å². The fourth-order valence-corrected chi connectivity index (χ4v) is 3.54. The average Bonchev–Trinajstić information content (AvgIpc) is 2.62. The van der Waals surface area contributed by atoms with E-state index >= 15 is 0 Å².